The molecule has 1 aromatic carbocycles. The molecular weight excluding hydrogens is 355 g/mol. The number of nitrogens with one attached hydrogen (secondary N) is 1. The lowest BCUT2D eigenvalue weighted by atomic mass is 10.2. The van der Waals surface area contributed by atoms with E-state index >= 15 is 0 Å². The molecule has 0 amide bonds. The van der Waals surface area contributed by atoms with Gasteiger partial charge in [0, 0.05) is 39.1 Å². The molecule has 0 fully saturated rings. The standard InChI is InChI=1S/C21H25FN6/c1-15-11-16(2)28(26-15)20-10-7-18(12-24-20)13-25-21(23-3)27(4)14-17-5-8-19(22)9-6-17/h5-12H,13-14H2,1-4H3,(H,23,25). The van der Waals surface area contributed by atoms with E-state index in [9.17, 15) is 4.39 Å². The van der Waals surface area contributed by atoms with Gasteiger partial charge in [-0.05, 0) is 49.2 Å². The van der Waals surface area contributed by atoms with Crippen LogP contribution in [0.4, 0.5) is 4.39 Å². The van der Waals surface area contributed by atoms with Crippen LogP contribution in [0.2, 0.25) is 0 Å². The highest BCUT2D eigenvalue weighted by molar-refractivity contribution is 5.79. The van der Waals surface area contributed by atoms with E-state index < -0.39 is 0 Å². The molecule has 2 aromatic heterocycles. The molecule has 2 heterocycles. The molecule has 0 spiro atoms. The van der Waals surface area contributed by atoms with E-state index in [1.165, 1.54) is 12.1 Å². The van der Waals surface area contributed by atoms with Gasteiger partial charge in [-0.2, -0.15) is 5.10 Å². The van der Waals surface area contributed by atoms with Crippen LogP contribution in [-0.4, -0.2) is 39.7 Å². The van der Waals surface area contributed by atoms with Crippen LogP contribution in [0.25, 0.3) is 5.82 Å². The van der Waals surface area contributed by atoms with Gasteiger partial charge in [-0.15, -0.1) is 0 Å². The van der Waals surface area contributed by atoms with E-state index in [0.717, 1.165) is 34.3 Å². The first-order valence-corrected chi connectivity index (χ1v) is 9.11. The number of aliphatic imine (C=N–C) groups is 1. The third-order valence-electron chi connectivity index (χ3n) is 4.39. The van der Waals surface area contributed by atoms with Crippen molar-refractivity contribution in [2.75, 3.05) is 14.1 Å². The average molecular weight is 380 g/mol. The molecule has 0 saturated carbocycles. The summed E-state index contributed by atoms with van der Waals surface area (Å²) in [6, 6.07) is 12.5. The van der Waals surface area contributed by atoms with Gasteiger partial charge in [0.1, 0.15) is 5.82 Å². The largest absolute Gasteiger partial charge is 0.352 e. The predicted molar refractivity (Wildman–Crippen MR) is 109 cm³/mol. The highest BCUT2D eigenvalue weighted by Crippen LogP contribution is 2.10. The molecule has 0 radical (unpaired) electrons. The molecule has 0 aliphatic carbocycles. The number of aromatic nitrogens is 3. The quantitative estimate of drug-likeness (QED) is 0.545. The number of rotatable bonds is 5. The average Bonchev–Trinajstić information content (AvgIpc) is 3.03. The molecule has 0 bridgehead atoms. The molecule has 0 aliphatic rings. The summed E-state index contributed by atoms with van der Waals surface area (Å²) in [4.78, 5) is 10.8. The van der Waals surface area contributed by atoms with E-state index in [1.54, 1.807) is 19.2 Å². The summed E-state index contributed by atoms with van der Waals surface area (Å²) in [5.41, 5.74) is 4.08. The molecule has 0 saturated heterocycles. The Morgan fingerprint density at radius 1 is 1.14 bits per heavy atom. The van der Waals surface area contributed by atoms with Crippen LogP contribution in [0.5, 0.6) is 0 Å². The number of aryl methyl sites for hydroxylation is 2. The summed E-state index contributed by atoms with van der Waals surface area (Å²) in [6.07, 6.45) is 1.84. The van der Waals surface area contributed by atoms with E-state index in [0.29, 0.717) is 13.1 Å². The fraction of sp³-hybridized carbons (Fsp3) is 0.286. The Kier molecular flexibility index (Phi) is 6.03. The van der Waals surface area contributed by atoms with Gasteiger partial charge in [-0.25, -0.2) is 14.1 Å². The van der Waals surface area contributed by atoms with Crippen molar-refractivity contribution in [2.24, 2.45) is 4.99 Å². The normalized spacial score (nSPS) is 11.5. The topological polar surface area (TPSA) is 58.3 Å². The maximum atomic E-state index is 13.1. The fourth-order valence-corrected chi connectivity index (χ4v) is 3.01. The number of hydrogen-bond donors (Lipinski definition) is 1. The first kappa shape index (κ1) is 19.5. The summed E-state index contributed by atoms with van der Waals surface area (Å²) in [5, 5.41) is 7.79. The lowest BCUT2D eigenvalue weighted by Gasteiger charge is -2.22. The maximum absolute atomic E-state index is 13.1. The molecule has 146 valence electrons. The molecule has 1 N–H and O–H groups in total. The van der Waals surface area contributed by atoms with Crippen LogP contribution >= 0.6 is 0 Å². The maximum Gasteiger partial charge on any atom is 0.193 e. The monoisotopic (exact) mass is 380 g/mol. The zero-order chi connectivity index (χ0) is 20.1. The first-order valence-electron chi connectivity index (χ1n) is 9.11. The van der Waals surface area contributed by atoms with Crippen molar-refractivity contribution in [3.63, 3.8) is 0 Å². The second kappa shape index (κ2) is 8.65. The number of hydrogen-bond acceptors (Lipinski definition) is 3. The molecule has 3 rings (SSSR count). The van der Waals surface area contributed by atoms with Crippen molar-refractivity contribution in [1.82, 2.24) is 25.0 Å². The Labute approximate surface area is 164 Å². The van der Waals surface area contributed by atoms with Crippen LogP contribution in [0.1, 0.15) is 22.5 Å². The van der Waals surface area contributed by atoms with E-state index in [-0.39, 0.29) is 5.82 Å². The summed E-state index contributed by atoms with van der Waals surface area (Å²) < 4.78 is 14.9. The fourth-order valence-electron chi connectivity index (χ4n) is 3.01. The first-order chi connectivity index (χ1) is 13.5. The second-order valence-corrected chi connectivity index (χ2v) is 6.75. The second-order valence-electron chi connectivity index (χ2n) is 6.75. The van der Waals surface area contributed by atoms with E-state index in [4.69, 9.17) is 0 Å². The smallest absolute Gasteiger partial charge is 0.193 e. The van der Waals surface area contributed by atoms with Crippen molar-refractivity contribution < 1.29 is 4.39 Å². The Hall–Kier alpha value is -3.22. The van der Waals surface area contributed by atoms with E-state index in [2.05, 4.69) is 20.4 Å². The highest BCUT2D eigenvalue weighted by Gasteiger charge is 2.08. The molecule has 0 aliphatic heterocycles. The van der Waals surface area contributed by atoms with Crippen LogP contribution in [0.3, 0.4) is 0 Å². The minimum Gasteiger partial charge on any atom is -0.352 e. The van der Waals surface area contributed by atoms with Gasteiger partial charge in [0.05, 0.1) is 5.69 Å². The van der Waals surface area contributed by atoms with Crippen LogP contribution in [0, 0.1) is 19.7 Å². The summed E-state index contributed by atoms with van der Waals surface area (Å²) in [5.74, 6) is 1.32. The number of nitrogens with zero attached hydrogens (tertiary/aromatic N) is 5. The Bertz CT molecular complexity index is 944. The zero-order valence-corrected chi connectivity index (χ0v) is 16.6. The highest BCUT2D eigenvalue weighted by atomic mass is 19.1. The van der Waals surface area contributed by atoms with Gasteiger partial charge in [-0.1, -0.05) is 18.2 Å². The third kappa shape index (κ3) is 4.73. The molecule has 6 nitrogen and oxygen atoms in total. The number of benzene rings is 1. The van der Waals surface area contributed by atoms with Gasteiger partial charge in [0.25, 0.3) is 0 Å². The van der Waals surface area contributed by atoms with Gasteiger partial charge in [0.15, 0.2) is 11.8 Å². The Morgan fingerprint density at radius 3 is 2.43 bits per heavy atom. The van der Waals surface area contributed by atoms with Gasteiger partial charge < -0.3 is 10.2 Å². The zero-order valence-electron chi connectivity index (χ0n) is 16.6. The molecule has 0 unspecified atom stereocenters. The number of halogens is 1. The summed E-state index contributed by atoms with van der Waals surface area (Å²) in [6.45, 7) is 5.22. The Morgan fingerprint density at radius 2 is 1.86 bits per heavy atom. The summed E-state index contributed by atoms with van der Waals surface area (Å²) in [7, 11) is 3.69. The lowest BCUT2D eigenvalue weighted by Crippen LogP contribution is -2.38. The van der Waals surface area contributed by atoms with Gasteiger partial charge in [0.2, 0.25) is 0 Å². The predicted octanol–water partition coefficient (Wildman–Crippen LogP) is 3.23. The molecule has 3 aromatic rings. The van der Waals surface area contributed by atoms with Crippen LogP contribution < -0.4 is 5.32 Å². The third-order valence-corrected chi connectivity index (χ3v) is 4.39. The molecule has 7 heteroatoms. The minimum absolute atomic E-state index is 0.231. The van der Waals surface area contributed by atoms with Crippen molar-refractivity contribution in [3.05, 3.63) is 77.0 Å². The van der Waals surface area contributed by atoms with Crippen molar-refractivity contribution in [1.29, 1.82) is 0 Å². The van der Waals surface area contributed by atoms with Crippen LogP contribution in [0.15, 0.2) is 53.7 Å². The molecule has 0 atom stereocenters. The SMILES string of the molecule is CN=C(NCc1ccc(-n2nc(C)cc2C)nc1)N(C)Cc1ccc(F)cc1. The van der Waals surface area contributed by atoms with Crippen LogP contribution in [-0.2, 0) is 13.1 Å². The van der Waals surface area contributed by atoms with Crippen molar-refractivity contribution in [3.8, 4) is 5.82 Å². The number of pyridine rings is 1. The van der Waals surface area contributed by atoms with Crippen molar-refractivity contribution in [2.45, 2.75) is 26.9 Å². The van der Waals surface area contributed by atoms with E-state index in [1.807, 2.05) is 54.9 Å². The Balaban J connectivity index is 1.60. The van der Waals surface area contributed by atoms with Crippen molar-refractivity contribution >= 4 is 5.96 Å². The molecular formula is C21H25FN6. The summed E-state index contributed by atoms with van der Waals surface area (Å²) >= 11 is 0. The lowest BCUT2D eigenvalue weighted by molar-refractivity contribution is 0.476. The van der Waals surface area contributed by atoms with Gasteiger partial charge >= 0.3 is 0 Å². The van der Waals surface area contributed by atoms with Gasteiger partial charge in [-0.3, -0.25) is 4.99 Å². The minimum atomic E-state index is -0.231. The molecule has 28 heavy (non-hydrogen) atoms. The number of guanidine groups is 1.